The van der Waals surface area contributed by atoms with E-state index in [0.717, 1.165) is 35.6 Å². The molecule has 1 aromatic carbocycles. The zero-order valence-corrected chi connectivity index (χ0v) is 11.4. The third-order valence-corrected chi connectivity index (χ3v) is 4.67. The largest absolute Gasteiger partial charge is 0.296 e. The number of fused-ring (bicyclic) bond motifs is 1. The van der Waals surface area contributed by atoms with E-state index in [-0.39, 0.29) is 0 Å². The molecule has 0 radical (unpaired) electrons. The number of hydrogen-bond acceptors (Lipinski definition) is 1. The van der Waals surface area contributed by atoms with Crippen molar-refractivity contribution >= 4 is 23.2 Å². The fraction of sp³-hybridized carbons (Fsp3) is 0.571. The fourth-order valence-corrected chi connectivity index (χ4v) is 3.84. The summed E-state index contributed by atoms with van der Waals surface area (Å²) in [6.45, 7) is 2.18. The van der Waals surface area contributed by atoms with E-state index in [0.29, 0.717) is 0 Å². The predicted octanol–water partition coefficient (Wildman–Crippen LogP) is 4.29. The van der Waals surface area contributed by atoms with Gasteiger partial charge in [0.1, 0.15) is 0 Å². The van der Waals surface area contributed by atoms with Crippen molar-refractivity contribution in [1.82, 2.24) is 4.90 Å². The molecule has 3 heteroatoms. The van der Waals surface area contributed by atoms with Crippen LogP contribution < -0.4 is 0 Å². The Kier molecular flexibility index (Phi) is 3.34. The van der Waals surface area contributed by atoms with Crippen molar-refractivity contribution < 1.29 is 0 Å². The van der Waals surface area contributed by atoms with Crippen molar-refractivity contribution in [1.29, 1.82) is 0 Å². The fourth-order valence-electron chi connectivity index (χ4n) is 3.21. The summed E-state index contributed by atoms with van der Waals surface area (Å²) in [7, 11) is 0. The lowest BCUT2D eigenvalue weighted by Crippen LogP contribution is -2.37. The molecule has 0 amide bonds. The van der Waals surface area contributed by atoms with Gasteiger partial charge >= 0.3 is 0 Å². The van der Waals surface area contributed by atoms with Crippen LogP contribution in [-0.4, -0.2) is 17.5 Å². The minimum atomic E-state index is 0.766. The van der Waals surface area contributed by atoms with E-state index in [1.54, 1.807) is 0 Å². The highest BCUT2D eigenvalue weighted by Crippen LogP contribution is 2.33. The summed E-state index contributed by atoms with van der Waals surface area (Å²) in [6, 6.07) is 4.75. The van der Waals surface area contributed by atoms with Crippen molar-refractivity contribution in [2.75, 3.05) is 6.54 Å². The monoisotopic (exact) mass is 269 g/mol. The van der Waals surface area contributed by atoms with E-state index >= 15 is 0 Å². The molecule has 0 atom stereocenters. The molecule has 1 heterocycles. The number of rotatable bonds is 1. The summed E-state index contributed by atoms with van der Waals surface area (Å²) in [4.78, 5) is 2.61. The van der Waals surface area contributed by atoms with Crippen LogP contribution in [0.25, 0.3) is 0 Å². The molecule has 1 saturated carbocycles. The van der Waals surface area contributed by atoms with E-state index in [9.17, 15) is 0 Å². The van der Waals surface area contributed by atoms with Crippen LogP contribution in [0, 0.1) is 0 Å². The number of benzene rings is 1. The van der Waals surface area contributed by atoms with Gasteiger partial charge in [0, 0.05) is 29.2 Å². The Morgan fingerprint density at radius 3 is 2.65 bits per heavy atom. The van der Waals surface area contributed by atoms with Crippen LogP contribution in [0.15, 0.2) is 12.1 Å². The van der Waals surface area contributed by atoms with Crippen molar-refractivity contribution in [2.45, 2.75) is 44.7 Å². The van der Waals surface area contributed by atoms with Gasteiger partial charge in [0.2, 0.25) is 0 Å². The first-order valence-electron chi connectivity index (χ1n) is 6.45. The van der Waals surface area contributed by atoms with Gasteiger partial charge in [-0.3, -0.25) is 4.90 Å². The molecule has 0 unspecified atom stereocenters. The smallest absolute Gasteiger partial charge is 0.0456 e. The van der Waals surface area contributed by atoms with E-state index in [4.69, 9.17) is 23.2 Å². The summed E-state index contributed by atoms with van der Waals surface area (Å²) >= 11 is 12.3. The van der Waals surface area contributed by atoms with E-state index in [1.807, 2.05) is 6.07 Å². The predicted molar refractivity (Wildman–Crippen MR) is 72.8 cm³/mol. The van der Waals surface area contributed by atoms with Crippen LogP contribution in [-0.2, 0) is 13.0 Å². The maximum atomic E-state index is 6.25. The molecule has 92 valence electrons. The molecule has 0 N–H and O–H groups in total. The average Bonchev–Trinajstić information content (AvgIpc) is 2.81. The zero-order chi connectivity index (χ0) is 11.8. The summed E-state index contributed by atoms with van der Waals surface area (Å²) < 4.78 is 0. The Morgan fingerprint density at radius 2 is 1.88 bits per heavy atom. The Labute approximate surface area is 113 Å². The maximum absolute atomic E-state index is 6.25. The molecular weight excluding hydrogens is 253 g/mol. The number of nitrogens with zero attached hydrogens (tertiary/aromatic N) is 1. The van der Waals surface area contributed by atoms with Gasteiger partial charge in [-0.1, -0.05) is 36.0 Å². The highest BCUT2D eigenvalue weighted by Gasteiger charge is 2.26. The Balaban J connectivity index is 1.84. The third kappa shape index (κ3) is 2.33. The first kappa shape index (κ1) is 11.8. The summed E-state index contributed by atoms with van der Waals surface area (Å²) in [5.41, 5.74) is 2.64. The standard InChI is InChI=1S/C14H17Cl2N/c15-11-7-10-9-17(12-3-1-2-4-12)6-5-13(10)14(16)8-11/h7-8,12H,1-6,9H2. The van der Waals surface area contributed by atoms with Gasteiger partial charge in [-0.2, -0.15) is 0 Å². The van der Waals surface area contributed by atoms with Crippen molar-refractivity contribution in [3.05, 3.63) is 33.3 Å². The van der Waals surface area contributed by atoms with Crippen LogP contribution in [0.3, 0.4) is 0 Å². The van der Waals surface area contributed by atoms with Crippen LogP contribution in [0.1, 0.15) is 36.8 Å². The van der Waals surface area contributed by atoms with Crippen LogP contribution >= 0.6 is 23.2 Å². The molecule has 0 bridgehead atoms. The summed E-state index contributed by atoms with van der Waals surface area (Å²) in [5.74, 6) is 0. The normalized spacial score (nSPS) is 21.8. The first-order chi connectivity index (χ1) is 8.24. The molecule has 1 nitrogen and oxygen atoms in total. The van der Waals surface area contributed by atoms with Crippen LogP contribution in [0.5, 0.6) is 0 Å². The molecular formula is C14H17Cl2N. The molecule has 2 aliphatic rings. The van der Waals surface area contributed by atoms with Gasteiger partial charge in [0.15, 0.2) is 0 Å². The number of hydrogen-bond donors (Lipinski definition) is 0. The molecule has 0 spiro atoms. The van der Waals surface area contributed by atoms with Crippen LogP contribution in [0.2, 0.25) is 10.0 Å². The Morgan fingerprint density at radius 1 is 1.12 bits per heavy atom. The second kappa shape index (κ2) is 4.79. The summed E-state index contributed by atoms with van der Waals surface area (Å²) in [6.07, 6.45) is 6.59. The van der Waals surface area contributed by atoms with E-state index < -0.39 is 0 Å². The molecule has 0 saturated heterocycles. The average molecular weight is 270 g/mol. The van der Waals surface area contributed by atoms with E-state index in [1.165, 1.54) is 36.8 Å². The minimum Gasteiger partial charge on any atom is -0.296 e. The summed E-state index contributed by atoms with van der Waals surface area (Å²) in [5, 5.41) is 1.61. The highest BCUT2D eigenvalue weighted by molar-refractivity contribution is 6.35. The van der Waals surface area contributed by atoms with E-state index in [2.05, 4.69) is 11.0 Å². The third-order valence-electron chi connectivity index (χ3n) is 4.12. The van der Waals surface area contributed by atoms with Crippen molar-refractivity contribution in [3.8, 4) is 0 Å². The van der Waals surface area contributed by atoms with Crippen molar-refractivity contribution in [3.63, 3.8) is 0 Å². The van der Waals surface area contributed by atoms with Gasteiger partial charge in [-0.05, 0) is 42.5 Å². The van der Waals surface area contributed by atoms with Gasteiger partial charge in [0.25, 0.3) is 0 Å². The second-order valence-electron chi connectivity index (χ2n) is 5.18. The minimum absolute atomic E-state index is 0.766. The van der Waals surface area contributed by atoms with Gasteiger partial charge in [-0.15, -0.1) is 0 Å². The second-order valence-corrected chi connectivity index (χ2v) is 6.03. The molecule has 1 aliphatic carbocycles. The quantitative estimate of drug-likeness (QED) is 0.735. The lowest BCUT2D eigenvalue weighted by atomic mass is 9.98. The zero-order valence-electron chi connectivity index (χ0n) is 9.88. The lowest BCUT2D eigenvalue weighted by Gasteiger charge is -2.34. The molecule has 1 aromatic rings. The van der Waals surface area contributed by atoms with Gasteiger partial charge in [0.05, 0.1) is 0 Å². The molecule has 1 aliphatic heterocycles. The maximum Gasteiger partial charge on any atom is 0.0456 e. The Hall–Kier alpha value is -0.240. The van der Waals surface area contributed by atoms with Gasteiger partial charge < -0.3 is 0 Å². The lowest BCUT2D eigenvalue weighted by molar-refractivity contribution is 0.181. The molecule has 17 heavy (non-hydrogen) atoms. The molecule has 0 aromatic heterocycles. The first-order valence-corrected chi connectivity index (χ1v) is 7.20. The molecule has 1 fully saturated rings. The highest BCUT2D eigenvalue weighted by atomic mass is 35.5. The topological polar surface area (TPSA) is 3.24 Å². The molecule has 3 rings (SSSR count). The SMILES string of the molecule is Clc1cc(Cl)c2c(c1)CN(C1CCCC1)CC2. The Bertz CT molecular complexity index is 424. The van der Waals surface area contributed by atoms with Crippen molar-refractivity contribution in [2.24, 2.45) is 0 Å². The van der Waals surface area contributed by atoms with Crippen LogP contribution in [0.4, 0.5) is 0 Å². The van der Waals surface area contributed by atoms with Gasteiger partial charge in [-0.25, -0.2) is 0 Å². The number of halogens is 2.